The molecule has 1 aliphatic rings. The Morgan fingerprint density at radius 3 is 2.93 bits per heavy atom. The van der Waals surface area contributed by atoms with Gasteiger partial charge in [0.25, 0.3) is 0 Å². The van der Waals surface area contributed by atoms with Crippen LogP contribution < -0.4 is 4.90 Å². The second kappa shape index (κ2) is 7.40. The second-order valence-corrected chi connectivity index (χ2v) is 8.30. The predicted molar refractivity (Wildman–Crippen MR) is 113 cm³/mol. The molecule has 1 aliphatic heterocycles. The molecule has 148 valence electrons. The van der Waals surface area contributed by atoms with Crippen LogP contribution in [0.15, 0.2) is 34.7 Å². The molecule has 2 N–H and O–H groups in total. The Labute approximate surface area is 175 Å². The minimum atomic E-state index is -0.359. The molecule has 10 heteroatoms. The number of β-amino-alcohol motifs (C(OH)–C–C–N with tert-alkyl or cyclic N) is 1. The topological polar surface area (TPSA) is 104 Å². The lowest BCUT2D eigenvalue weighted by atomic mass is 10.3. The van der Waals surface area contributed by atoms with Gasteiger partial charge >= 0.3 is 0 Å². The fourth-order valence-electron chi connectivity index (χ4n) is 3.52. The van der Waals surface area contributed by atoms with Gasteiger partial charge in [0.05, 0.1) is 16.5 Å². The highest BCUT2D eigenvalue weighted by Gasteiger charge is 2.26. The highest BCUT2D eigenvalue weighted by atomic mass is 35.5. The van der Waals surface area contributed by atoms with E-state index in [1.165, 1.54) is 11.8 Å². The van der Waals surface area contributed by atoms with E-state index >= 15 is 0 Å². The van der Waals surface area contributed by atoms with Gasteiger partial charge in [-0.1, -0.05) is 18.5 Å². The maximum atomic E-state index is 10.0. The SMILES string of the molecule is CCc1[nH]c2nc(Sc3cnc4nccnc4c3)nc(N3CCC(O)C3)c2c1Cl. The first-order chi connectivity index (χ1) is 14.1. The molecule has 29 heavy (non-hydrogen) atoms. The number of nitrogens with zero attached hydrogens (tertiary/aromatic N) is 6. The number of aromatic amines is 1. The third-order valence-corrected chi connectivity index (χ3v) is 6.19. The molecule has 8 nitrogen and oxygen atoms in total. The van der Waals surface area contributed by atoms with Gasteiger partial charge in [-0.05, 0) is 30.7 Å². The number of fused-ring (bicyclic) bond motifs is 2. The molecule has 0 bridgehead atoms. The van der Waals surface area contributed by atoms with Gasteiger partial charge in [0.2, 0.25) is 0 Å². The molecule has 1 fully saturated rings. The number of nitrogens with one attached hydrogen (secondary N) is 1. The van der Waals surface area contributed by atoms with Crippen LogP contribution in [-0.4, -0.2) is 54.2 Å². The number of aryl methyl sites for hydroxylation is 1. The minimum Gasteiger partial charge on any atom is -0.391 e. The predicted octanol–water partition coefficient (Wildman–Crippen LogP) is 3.23. The van der Waals surface area contributed by atoms with Gasteiger partial charge in [-0.2, -0.15) is 0 Å². The van der Waals surface area contributed by atoms with Gasteiger partial charge in [-0.3, -0.25) is 4.98 Å². The number of aliphatic hydroxyl groups is 1. The second-order valence-electron chi connectivity index (χ2n) is 6.89. The zero-order valence-electron chi connectivity index (χ0n) is 15.6. The molecule has 0 aliphatic carbocycles. The Balaban J connectivity index is 1.59. The first kappa shape index (κ1) is 18.5. The lowest BCUT2D eigenvalue weighted by molar-refractivity contribution is 0.198. The van der Waals surface area contributed by atoms with E-state index in [0.29, 0.717) is 34.4 Å². The first-order valence-electron chi connectivity index (χ1n) is 9.38. The van der Waals surface area contributed by atoms with Crippen LogP contribution in [0.4, 0.5) is 5.82 Å². The summed E-state index contributed by atoms with van der Waals surface area (Å²) in [4.78, 5) is 28.6. The van der Waals surface area contributed by atoms with Gasteiger partial charge in [0.15, 0.2) is 10.8 Å². The highest BCUT2D eigenvalue weighted by Crippen LogP contribution is 2.37. The van der Waals surface area contributed by atoms with Crippen molar-refractivity contribution in [3.63, 3.8) is 0 Å². The summed E-state index contributed by atoms with van der Waals surface area (Å²) in [7, 11) is 0. The Morgan fingerprint density at radius 1 is 1.28 bits per heavy atom. The average Bonchev–Trinajstić information content (AvgIpc) is 3.30. The van der Waals surface area contributed by atoms with Crippen molar-refractivity contribution in [2.75, 3.05) is 18.0 Å². The van der Waals surface area contributed by atoms with Crippen LogP contribution in [-0.2, 0) is 6.42 Å². The zero-order chi connectivity index (χ0) is 20.0. The van der Waals surface area contributed by atoms with Crippen molar-refractivity contribution in [2.45, 2.75) is 35.9 Å². The third kappa shape index (κ3) is 3.39. The van der Waals surface area contributed by atoms with E-state index in [0.717, 1.165) is 40.3 Å². The summed E-state index contributed by atoms with van der Waals surface area (Å²) in [6.45, 7) is 3.31. The Morgan fingerprint density at radius 2 is 2.14 bits per heavy atom. The van der Waals surface area contributed by atoms with Crippen molar-refractivity contribution in [3.05, 3.63) is 35.4 Å². The van der Waals surface area contributed by atoms with Crippen molar-refractivity contribution in [3.8, 4) is 0 Å². The molecule has 0 radical (unpaired) electrons. The first-order valence-corrected chi connectivity index (χ1v) is 10.6. The lowest BCUT2D eigenvalue weighted by Crippen LogP contribution is -2.22. The van der Waals surface area contributed by atoms with Crippen LogP contribution in [0.3, 0.4) is 0 Å². The third-order valence-electron chi connectivity index (χ3n) is 4.95. The van der Waals surface area contributed by atoms with E-state index in [1.807, 2.05) is 13.0 Å². The highest BCUT2D eigenvalue weighted by molar-refractivity contribution is 7.99. The van der Waals surface area contributed by atoms with Gasteiger partial charge in [-0.15, -0.1) is 0 Å². The van der Waals surface area contributed by atoms with Gasteiger partial charge < -0.3 is 15.0 Å². The minimum absolute atomic E-state index is 0.359. The number of pyridine rings is 1. The molecule has 5 heterocycles. The summed E-state index contributed by atoms with van der Waals surface area (Å²) in [6.07, 6.45) is 6.13. The molecule has 1 saturated heterocycles. The van der Waals surface area contributed by atoms with Crippen molar-refractivity contribution in [1.29, 1.82) is 0 Å². The number of halogens is 1. The van der Waals surface area contributed by atoms with E-state index in [9.17, 15) is 5.11 Å². The maximum Gasteiger partial charge on any atom is 0.196 e. The smallest absolute Gasteiger partial charge is 0.196 e. The standard InChI is InChI=1S/C19H18ClN7OS/c1-2-12-15(20)14-17(24-12)25-19(26-18(14)27-6-3-10(28)9-27)29-11-7-13-16(23-8-11)22-5-4-21-13/h4-5,7-8,10,28H,2-3,6,9H2,1H3,(H,24,25,26). The van der Waals surface area contributed by atoms with Gasteiger partial charge in [-0.25, -0.2) is 19.9 Å². The van der Waals surface area contributed by atoms with Crippen molar-refractivity contribution < 1.29 is 5.11 Å². The quantitative estimate of drug-likeness (QED) is 0.478. The average molecular weight is 428 g/mol. The Kier molecular flexibility index (Phi) is 4.73. The van der Waals surface area contributed by atoms with Crippen LogP contribution >= 0.6 is 23.4 Å². The number of hydrogen-bond acceptors (Lipinski definition) is 8. The summed E-state index contributed by atoms with van der Waals surface area (Å²) in [5, 5.41) is 12.1. The molecule has 0 spiro atoms. The molecule has 0 aromatic carbocycles. The number of rotatable bonds is 4. The number of anilines is 1. The number of aliphatic hydroxyl groups excluding tert-OH is 1. The molecular weight excluding hydrogens is 410 g/mol. The molecule has 0 amide bonds. The molecule has 0 saturated carbocycles. The van der Waals surface area contributed by atoms with Gasteiger partial charge in [0, 0.05) is 42.3 Å². The summed E-state index contributed by atoms with van der Waals surface area (Å²) < 4.78 is 0. The summed E-state index contributed by atoms with van der Waals surface area (Å²) >= 11 is 8.03. The number of hydrogen-bond donors (Lipinski definition) is 2. The van der Waals surface area contributed by atoms with Crippen LogP contribution in [0.1, 0.15) is 19.0 Å². The Bertz CT molecular complexity index is 1210. The molecular formula is C19H18ClN7OS. The number of aromatic nitrogens is 6. The zero-order valence-corrected chi connectivity index (χ0v) is 17.2. The van der Waals surface area contributed by atoms with E-state index in [4.69, 9.17) is 16.6 Å². The summed E-state index contributed by atoms with van der Waals surface area (Å²) in [6, 6.07) is 1.92. The molecule has 4 aromatic heterocycles. The van der Waals surface area contributed by atoms with Crippen LogP contribution in [0, 0.1) is 0 Å². The maximum absolute atomic E-state index is 10.0. The molecule has 4 aromatic rings. The van der Waals surface area contributed by atoms with Gasteiger partial charge in [0.1, 0.15) is 17.0 Å². The largest absolute Gasteiger partial charge is 0.391 e. The van der Waals surface area contributed by atoms with Crippen LogP contribution in [0.5, 0.6) is 0 Å². The summed E-state index contributed by atoms with van der Waals surface area (Å²) in [5.74, 6) is 0.753. The van der Waals surface area contributed by atoms with Crippen molar-refractivity contribution in [2.24, 2.45) is 0 Å². The Hall–Kier alpha value is -2.49. The van der Waals surface area contributed by atoms with Crippen molar-refractivity contribution in [1.82, 2.24) is 29.9 Å². The van der Waals surface area contributed by atoms with E-state index in [2.05, 4.69) is 29.8 Å². The molecule has 1 unspecified atom stereocenters. The molecule has 1 atom stereocenters. The lowest BCUT2D eigenvalue weighted by Gasteiger charge is -2.18. The number of H-pyrrole nitrogens is 1. The van der Waals surface area contributed by atoms with E-state index in [1.54, 1.807) is 18.6 Å². The fourth-order valence-corrected chi connectivity index (χ4v) is 4.63. The van der Waals surface area contributed by atoms with Crippen molar-refractivity contribution >= 4 is 51.4 Å². The normalized spacial score (nSPS) is 16.9. The van der Waals surface area contributed by atoms with Crippen LogP contribution in [0.2, 0.25) is 5.02 Å². The van der Waals surface area contributed by atoms with E-state index < -0.39 is 0 Å². The fraction of sp³-hybridized carbons (Fsp3) is 0.316. The monoisotopic (exact) mass is 427 g/mol. The summed E-state index contributed by atoms with van der Waals surface area (Å²) in [5.41, 5.74) is 2.96. The van der Waals surface area contributed by atoms with E-state index in [-0.39, 0.29) is 6.10 Å². The van der Waals surface area contributed by atoms with Crippen LogP contribution in [0.25, 0.3) is 22.2 Å². The molecule has 5 rings (SSSR count).